The number of halogens is 2. The summed E-state index contributed by atoms with van der Waals surface area (Å²) in [6, 6.07) is 15.2. The van der Waals surface area contributed by atoms with Crippen LogP contribution in [0, 0.1) is 0 Å². The van der Waals surface area contributed by atoms with E-state index in [0.717, 1.165) is 50.4 Å². The van der Waals surface area contributed by atoms with Gasteiger partial charge in [0.2, 0.25) is 0 Å². The second kappa shape index (κ2) is 16.7. The molecule has 0 aliphatic carbocycles. The van der Waals surface area contributed by atoms with Gasteiger partial charge in [-0.2, -0.15) is 0 Å². The number of nitrogens with zero attached hydrogens (tertiary/aromatic N) is 2. The van der Waals surface area contributed by atoms with Gasteiger partial charge < -0.3 is 29.0 Å². The Hall–Kier alpha value is -2.50. The van der Waals surface area contributed by atoms with Crippen molar-refractivity contribution in [2.45, 2.75) is 116 Å². The van der Waals surface area contributed by atoms with Gasteiger partial charge in [0.25, 0.3) is 0 Å². The molecule has 1 atom stereocenters. The molecule has 270 valence electrons. The molecule has 0 spiro atoms. The summed E-state index contributed by atoms with van der Waals surface area (Å²) in [6.07, 6.45) is 2.93. The summed E-state index contributed by atoms with van der Waals surface area (Å²) in [5.41, 5.74) is -0.898. The van der Waals surface area contributed by atoms with E-state index in [9.17, 15) is 9.59 Å². The van der Waals surface area contributed by atoms with Gasteiger partial charge in [-0.15, -0.1) is 0 Å². The first-order valence-electron chi connectivity index (χ1n) is 17.5. The molecule has 2 aromatic carbocycles. The number of alkyl carbamates (subject to hydrolysis) is 1. The molecule has 12 heteroatoms. The van der Waals surface area contributed by atoms with Crippen molar-refractivity contribution < 1.29 is 28.4 Å². The molecule has 1 N–H and O–H groups in total. The molecule has 0 bridgehead atoms. The standard InChI is InChI=1S/C37H54BCl2N3O6/c1-34(2,3)47-32(44)37(41-33(45)46-27-28-14-9-8-10-15-28,18-11-12-20-38-48-35(4,5)36(6,7)49-38)19-13-21-42-22-24-43(25-23-42)29-16-17-30(39)31(40)26-29/h8-10,14-17,26H,11-13,18-25,27H2,1-7H3,(H,41,45). The normalized spacial score (nSPS) is 19.0. The minimum Gasteiger partial charge on any atom is -0.458 e. The van der Waals surface area contributed by atoms with Crippen molar-refractivity contribution in [1.29, 1.82) is 0 Å². The average Bonchev–Trinajstić information content (AvgIpc) is 3.24. The smallest absolute Gasteiger partial charge is 0.457 e. The summed E-state index contributed by atoms with van der Waals surface area (Å²) in [5.74, 6) is -0.447. The minimum absolute atomic E-state index is 0.0993. The van der Waals surface area contributed by atoms with Crippen LogP contribution in [0.25, 0.3) is 0 Å². The van der Waals surface area contributed by atoms with Crippen molar-refractivity contribution in [1.82, 2.24) is 10.2 Å². The summed E-state index contributed by atoms with van der Waals surface area (Å²) < 4.78 is 24.0. The summed E-state index contributed by atoms with van der Waals surface area (Å²) in [5, 5.41) is 4.10. The molecule has 4 rings (SSSR count). The molecule has 0 aromatic heterocycles. The number of hydrogen-bond acceptors (Lipinski definition) is 8. The predicted octanol–water partition coefficient (Wildman–Crippen LogP) is 8.17. The first kappa shape index (κ1) is 39.3. The lowest BCUT2D eigenvalue weighted by Crippen LogP contribution is -2.57. The number of benzene rings is 2. The number of nitrogens with one attached hydrogen (secondary N) is 1. The Balaban J connectivity index is 1.42. The van der Waals surface area contributed by atoms with Crippen LogP contribution in [-0.4, -0.2) is 79.1 Å². The molecule has 1 unspecified atom stereocenters. The maximum atomic E-state index is 14.1. The van der Waals surface area contributed by atoms with Gasteiger partial charge in [0, 0.05) is 31.9 Å². The Kier molecular flexibility index (Phi) is 13.4. The van der Waals surface area contributed by atoms with Crippen molar-refractivity contribution in [3.05, 3.63) is 64.1 Å². The van der Waals surface area contributed by atoms with Crippen LogP contribution in [0.3, 0.4) is 0 Å². The number of ether oxygens (including phenoxy) is 2. The van der Waals surface area contributed by atoms with Gasteiger partial charge in [-0.25, -0.2) is 9.59 Å². The van der Waals surface area contributed by atoms with E-state index in [1.54, 1.807) is 0 Å². The van der Waals surface area contributed by atoms with E-state index in [4.69, 9.17) is 42.0 Å². The highest BCUT2D eigenvalue weighted by Crippen LogP contribution is 2.38. The van der Waals surface area contributed by atoms with Crippen LogP contribution in [-0.2, 0) is 30.2 Å². The first-order chi connectivity index (χ1) is 23.0. The molecule has 2 fully saturated rings. The quantitative estimate of drug-likeness (QED) is 0.119. The molecule has 2 aliphatic heterocycles. The van der Waals surface area contributed by atoms with E-state index in [1.165, 1.54) is 0 Å². The molecule has 0 saturated carbocycles. The number of piperazine rings is 1. The third-order valence-electron chi connectivity index (χ3n) is 9.66. The maximum absolute atomic E-state index is 14.1. The lowest BCUT2D eigenvalue weighted by molar-refractivity contribution is -0.164. The number of rotatable bonds is 14. The molecule has 9 nitrogen and oxygen atoms in total. The molecule has 1 amide bonds. The van der Waals surface area contributed by atoms with E-state index in [2.05, 4.69) is 15.1 Å². The molecule has 2 aliphatic rings. The molecule has 49 heavy (non-hydrogen) atoms. The van der Waals surface area contributed by atoms with Crippen molar-refractivity contribution >= 4 is 48.1 Å². The van der Waals surface area contributed by atoms with Crippen molar-refractivity contribution in [2.75, 3.05) is 37.6 Å². The summed E-state index contributed by atoms with van der Waals surface area (Å²) in [4.78, 5) is 32.1. The fourth-order valence-corrected chi connectivity index (χ4v) is 6.46. The van der Waals surface area contributed by atoms with Crippen LogP contribution in [0.4, 0.5) is 10.5 Å². The Labute approximate surface area is 303 Å². The third-order valence-corrected chi connectivity index (χ3v) is 10.4. The average molecular weight is 719 g/mol. The van der Waals surface area contributed by atoms with E-state index >= 15 is 0 Å². The Bertz CT molecular complexity index is 1380. The number of carbonyl (C=O) groups is 2. The van der Waals surface area contributed by atoms with Crippen LogP contribution < -0.4 is 10.2 Å². The number of hydrogen-bond donors (Lipinski definition) is 1. The summed E-state index contributed by atoms with van der Waals surface area (Å²) >= 11 is 12.4. The van der Waals surface area contributed by atoms with Gasteiger partial charge in [0.15, 0.2) is 0 Å². The zero-order valence-corrected chi connectivity index (χ0v) is 31.8. The molecule has 2 heterocycles. The number of anilines is 1. The van der Waals surface area contributed by atoms with E-state index in [1.807, 2.05) is 97.0 Å². The van der Waals surface area contributed by atoms with Crippen LogP contribution in [0.5, 0.6) is 0 Å². The number of esters is 1. The van der Waals surface area contributed by atoms with Gasteiger partial charge in [-0.3, -0.25) is 4.90 Å². The molecular formula is C37H54BCl2N3O6. The Morgan fingerprint density at radius 2 is 1.51 bits per heavy atom. The SMILES string of the molecule is CC(C)(C)OC(=O)C(CCCCB1OC(C)(C)C(C)(C)O1)(CCCN1CCN(c2ccc(Cl)c(Cl)c2)CC1)NC(=O)OCc1ccccc1. The van der Waals surface area contributed by atoms with Crippen molar-refractivity contribution in [3.63, 3.8) is 0 Å². The summed E-state index contributed by atoms with van der Waals surface area (Å²) in [6.45, 7) is 18.0. The monoisotopic (exact) mass is 717 g/mol. The molecule has 0 radical (unpaired) electrons. The Morgan fingerprint density at radius 3 is 2.12 bits per heavy atom. The first-order valence-corrected chi connectivity index (χ1v) is 18.2. The zero-order valence-electron chi connectivity index (χ0n) is 30.3. The predicted molar refractivity (Wildman–Crippen MR) is 197 cm³/mol. The van der Waals surface area contributed by atoms with Gasteiger partial charge in [0.05, 0.1) is 21.2 Å². The Morgan fingerprint density at radius 1 is 0.878 bits per heavy atom. The number of carbonyl (C=O) groups excluding carboxylic acids is 2. The van der Waals surface area contributed by atoms with Gasteiger partial charge in [-0.1, -0.05) is 66.4 Å². The lowest BCUT2D eigenvalue weighted by atomic mass is 9.80. The largest absolute Gasteiger partial charge is 0.458 e. The molecule has 2 aromatic rings. The van der Waals surface area contributed by atoms with Crippen LogP contribution >= 0.6 is 23.2 Å². The maximum Gasteiger partial charge on any atom is 0.457 e. The molecule has 2 saturated heterocycles. The fraction of sp³-hybridized carbons (Fsp3) is 0.622. The highest BCUT2D eigenvalue weighted by Gasteiger charge is 2.50. The highest BCUT2D eigenvalue weighted by atomic mass is 35.5. The van der Waals surface area contributed by atoms with E-state index in [-0.39, 0.29) is 13.7 Å². The second-order valence-electron chi connectivity index (χ2n) is 15.2. The van der Waals surface area contributed by atoms with Gasteiger partial charge >= 0.3 is 19.2 Å². The minimum atomic E-state index is -1.27. The fourth-order valence-electron chi connectivity index (χ4n) is 6.17. The topological polar surface area (TPSA) is 89.6 Å². The van der Waals surface area contributed by atoms with Gasteiger partial charge in [0.1, 0.15) is 17.7 Å². The van der Waals surface area contributed by atoms with Crippen molar-refractivity contribution in [2.24, 2.45) is 0 Å². The second-order valence-corrected chi connectivity index (χ2v) is 16.0. The highest BCUT2D eigenvalue weighted by molar-refractivity contribution is 6.45. The lowest BCUT2D eigenvalue weighted by Gasteiger charge is -2.38. The molecular weight excluding hydrogens is 664 g/mol. The van der Waals surface area contributed by atoms with Gasteiger partial charge in [-0.05, 0) is 104 Å². The zero-order chi connectivity index (χ0) is 35.9. The third kappa shape index (κ3) is 11.2. The summed E-state index contributed by atoms with van der Waals surface area (Å²) in [7, 11) is -0.327. The van der Waals surface area contributed by atoms with Crippen LogP contribution in [0.2, 0.25) is 16.4 Å². The van der Waals surface area contributed by atoms with Crippen LogP contribution in [0.1, 0.15) is 86.1 Å². The van der Waals surface area contributed by atoms with Crippen LogP contribution in [0.15, 0.2) is 48.5 Å². The van der Waals surface area contributed by atoms with E-state index in [0.29, 0.717) is 42.0 Å². The van der Waals surface area contributed by atoms with E-state index < -0.39 is 34.4 Å². The van der Waals surface area contributed by atoms with Crippen molar-refractivity contribution in [3.8, 4) is 0 Å². The number of unbranched alkanes of at least 4 members (excludes halogenated alkanes) is 1. The number of amides is 1.